The maximum atomic E-state index is 11.7. The Bertz CT molecular complexity index is 896. The molecule has 0 amide bonds. The van der Waals surface area contributed by atoms with Crippen molar-refractivity contribution >= 4 is 29.0 Å². The average Bonchev–Trinajstić information content (AvgIpc) is 2.70. The highest BCUT2D eigenvalue weighted by molar-refractivity contribution is 5.89. The normalized spacial score (nSPS) is 10.1. The summed E-state index contributed by atoms with van der Waals surface area (Å²) in [6.07, 6.45) is 1.47. The molecule has 0 fully saturated rings. The molecule has 7 nitrogen and oxygen atoms in total. The average molecular weight is 364 g/mol. The maximum Gasteiger partial charge on any atom is 0.338 e. The van der Waals surface area contributed by atoms with Crippen LogP contribution in [0.3, 0.4) is 0 Å². The molecule has 3 aromatic rings. The Morgan fingerprint density at radius 1 is 0.926 bits per heavy atom. The van der Waals surface area contributed by atoms with Gasteiger partial charge < -0.3 is 20.1 Å². The Kier molecular flexibility index (Phi) is 5.84. The van der Waals surface area contributed by atoms with Gasteiger partial charge in [-0.15, -0.1) is 0 Å². The summed E-state index contributed by atoms with van der Waals surface area (Å²) < 4.78 is 10.1. The van der Waals surface area contributed by atoms with Crippen molar-refractivity contribution in [3.05, 3.63) is 66.5 Å². The molecule has 0 bridgehead atoms. The molecule has 2 aromatic carbocycles. The third-order valence-corrected chi connectivity index (χ3v) is 3.70. The second kappa shape index (κ2) is 8.66. The lowest BCUT2D eigenvalue weighted by Crippen LogP contribution is -2.04. The van der Waals surface area contributed by atoms with Gasteiger partial charge in [-0.2, -0.15) is 0 Å². The van der Waals surface area contributed by atoms with Crippen LogP contribution >= 0.6 is 0 Å². The summed E-state index contributed by atoms with van der Waals surface area (Å²) >= 11 is 0. The molecule has 0 atom stereocenters. The lowest BCUT2D eigenvalue weighted by Gasteiger charge is -2.09. The van der Waals surface area contributed by atoms with Crippen LogP contribution in [0.5, 0.6) is 5.75 Å². The fraction of sp³-hybridized carbons (Fsp3) is 0.150. The molecule has 7 heteroatoms. The van der Waals surface area contributed by atoms with Gasteiger partial charge in [-0.25, -0.2) is 14.8 Å². The smallest absolute Gasteiger partial charge is 0.338 e. The summed E-state index contributed by atoms with van der Waals surface area (Å²) in [6.45, 7) is 2.13. The molecule has 0 aliphatic heterocycles. The Labute approximate surface area is 157 Å². The van der Waals surface area contributed by atoms with Crippen LogP contribution in [0.25, 0.3) is 0 Å². The number of benzene rings is 2. The summed E-state index contributed by atoms with van der Waals surface area (Å²) in [5.74, 6) is 1.74. The van der Waals surface area contributed by atoms with E-state index in [4.69, 9.17) is 9.47 Å². The number of esters is 1. The molecule has 138 valence electrons. The van der Waals surface area contributed by atoms with E-state index in [2.05, 4.69) is 20.6 Å². The van der Waals surface area contributed by atoms with E-state index in [1.807, 2.05) is 24.3 Å². The first-order chi connectivity index (χ1) is 13.2. The Hall–Kier alpha value is -3.61. The Morgan fingerprint density at radius 2 is 1.48 bits per heavy atom. The molecule has 0 aliphatic carbocycles. The van der Waals surface area contributed by atoms with Crippen molar-refractivity contribution in [3.63, 3.8) is 0 Å². The molecule has 0 radical (unpaired) electrons. The van der Waals surface area contributed by atoms with Gasteiger partial charge in [-0.3, -0.25) is 0 Å². The summed E-state index contributed by atoms with van der Waals surface area (Å²) in [5.41, 5.74) is 2.20. The monoisotopic (exact) mass is 364 g/mol. The highest BCUT2D eigenvalue weighted by Gasteiger charge is 2.06. The molecule has 0 unspecified atom stereocenters. The summed E-state index contributed by atoms with van der Waals surface area (Å²) in [7, 11) is 1.63. The van der Waals surface area contributed by atoms with Gasteiger partial charge in [0, 0.05) is 17.4 Å². The van der Waals surface area contributed by atoms with E-state index in [9.17, 15) is 4.79 Å². The van der Waals surface area contributed by atoms with Gasteiger partial charge in [-0.05, 0) is 55.5 Å². The standard InChI is InChI=1S/C20H20N4O3/c1-3-27-20(25)14-4-6-15(7-5-14)23-18-12-19(22-13-21-18)24-16-8-10-17(26-2)11-9-16/h4-13H,3H2,1-2H3,(H2,21,22,23,24). The Balaban J connectivity index is 1.67. The number of nitrogens with one attached hydrogen (secondary N) is 2. The largest absolute Gasteiger partial charge is 0.497 e. The zero-order valence-electron chi connectivity index (χ0n) is 15.1. The molecule has 2 N–H and O–H groups in total. The highest BCUT2D eigenvalue weighted by Crippen LogP contribution is 2.21. The number of rotatable bonds is 7. The minimum Gasteiger partial charge on any atom is -0.497 e. The predicted octanol–water partition coefficient (Wildman–Crippen LogP) is 4.15. The first kappa shape index (κ1) is 18.2. The molecule has 0 saturated carbocycles. The minimum absolute atomic E-state index is 0.336. The third-order valence-electron chi connectivity index (χ3n) is 3.70. The van der Waals surface area contributed by atoms with Crippen molar-refractivity contribution in [2.75, 3.05) is 24.4 Å². The lowest BCUT2D eigenvalue weighted by molar-refractivity contribution is 0.0526. The molecule has 0 aliphatic rings. The lowest BCUT2D eigenvalue weighted by atomic mass is 10.2. The number of hydrogen-bond donors (Lipinski definition) is 2. The summed E-state index contributed by atoms with van der Waals surface area (Å²) in [5, 5.41) is 6.39. The third kappa shape index (κ3) is 4.94. The van der Waals surface area contributed by atoms with Crippen molar-refractivity contribution in [3.8, 4) is 5.75 Å². The van der Waals surface area contributed by atoms with Gasteiger partial charge in [0.15, 0.2) is 0 Å². The zero-order chi connectivity index (χ0) is 19.1. The van der Waals surface area contributed by atoms with Gasteiger partial charge in [0.25, 0.3) is 0 Å². The number of nitrogens with zero attached hydrogens (tertiary/aromatic N) is 2. The second-order valence-electron chi connectivity index (χ2n) is 5.56. The van der Waals surface area contributed by atoms with E-state index < -0.39 is 0 Å². The van der Waals surface area contributed by atoms with Gasteiger partial charge in [0.05, 0.1) is 19.3 Å². The van der Waals surface area contributed by atoms with E-state index in [1.165, 1.54) is 6.33 Å². The van der Waals surface area contributed by atoms with E-state index >= 15 is 0 Å². The van der Waals surface area contributed by atoms with Crippen LogP contribution in [0, 0.1) is 0 Å². The zero-order valence-corrected chi connectivity index (χ0v) is 15.1. The van der Waals surface area contributed by atoms with Gasteiger partial charge in [-0.1, -0.05) is 0 Å². The molecule has 0 spiro atoms. The van der Waals surface area contributed by atoms with Crippen LogP contribution in [-0.2, 0) is 4.74 Å². The number of carbonyl (C=O) groups is 1. The summed E-state index contributed by atoms with van der Waals surface area (Å²) in [6, 6.07) is 16.3. The predicted molar refractivity (Wildman–Crippen MR) is 104 cm³/mol. The van der Waals surface area contributed by atoms with E-state index in [0.717, 1.165) is 17.1 Å². The second-order valence-corrected chi connectivity index (χ2v) is 5.56. The number of aromatic nitrogens is 2. The maximum absolute atomic E-state index is 11.7. The minimum atomic E-state index is -0.336. The molecular formula is C20H20N4O3. The van der Waals surface area contributed by atoms with Crippen LogP contribution in [0.4, 0.5) is 23.0 Å². The first-order valence-electron chi connectivity index (χ1n) is 8.45. The topological polar surface area (TPSA) is 85.4 Å². The van der Waals surface area contributed by atoms with Crippen LogP contribution in [0.2, 0.25) is 0 Å². The van der Waals surface area contributed by atoms with Crippen molar-refractivity contribution in [1.29, 1.82) is 0 Å². The van der Waals surface area contributed by atoms with Crippen LogP contribution in [0.1, 0.15) is 17.3 Å². The van der Waals surface area contributed by atoms with Crippen molar-refractivity contribution in [1.82, 2.24) is 9.97 Å². The molecular weight excluding hydrogens is 344 g/mol. The van der Waals surface area contributed by atoms with Gasteiger partial charge in [0.1, 0.15) is 23.7 Å². The van der Waals surface area contributed by atoms with Crippen LogP contribution in [0.15, 0.2) is 60.9 Å². The van der Waals surface area contributed by atoms with E-state index in [1.54, 1.807) is 44.4 Å². The molecule has 27 heavy (non-hydrogen) atoms. The number of hydrogen-bond acceptors (Lipinski definition) is 7. The van der Waals surface area contributed by atoms with E-state index in [-0.39, 0.29) is 5.97 Å². The SMILES string of the molecule is CCOC(=O)c1ccc(Nc2cc(Nc3ccc(OC)cc3)ncn2)cc1. The number of carbonyl (C=O) groups excluding carboxylic acids is 1. The van der Waals surface area contributed by atoms with Gasteiger partial charge >= 0.3 is 5.97 Å². The molecule has 1 heterocycles. The van der Waals surface area contributed by atoms with Crippen molar-refractivity contribution < 1.29 is 14.3 Å². The Morgan fingerprint density at radius 3 is 2.00 bits per heavy atom. The van der Waals surface area contributed by atoms with Crippen molar-refractivity contribution in [2.45, 2.75) is 6.92 Å². The molecule has 3 rings (SSSR count). The number of ether oxygens (including phenoxy) is 2. The quantitative estimate of drug-likeness (QED) is 0.609. The van der Waals surface area contributed by atoms with Crippen molar-refractivity contribution in [2.24, 2.45) is 0 Å². The molecule has 0 saturated heterocycles. The van der Waals surface area contributed by atoms with Crippen LogP contribution < -0.4 is 15.4 Å². The fourth-order valence-electron chi connectivity index (χ4n) is 2.37. The number of anilines is 4. The van der Waals surface area contributed by atoms with Gasteiger partial charge in [0.2, 0.25) is 0 Å². The number of methoxy groups -OCH3 is 1. The van der Waals surface area contributed by atoms with E-state index in [0.29, 0.717) is 23.8 Å². The summed E-state index contributed by atoms with van der Waals surface area (Å²) in [4.78, 5) is 20.1. The van der Waals surface area contributed by atoms with Crippen LogP contribution in [-0.4, -0.2) is 29.7 Å². The fourth-order valence-corrected chi connectivity index (χ4v) is 2.37. The first-order valence-corrected chi connectivity index (χ1v) is 8.45. The highest BCUT2D eigenvalue weighted by atomic mass is 16.5. The molecule has 1 aromatic heterocycles.